The molecule has 15 heavy (non-hydrogen) atoms. The maximum absolute atomic E-state index is 5.56. The monoisotopic (exact) mass is 214 g/mol. The molecule has 0 aromatic heterocycles. The van der Waals surface area contributed by atoms with Gasteiger partial charge >= 0.3 is 0 Å². The van der Waals surface area contributed by atoms with Crippen LogP contribution >= 0.6 is 0 Å². The first-order valence-electron chi connectivity index (χ1n) is 6.99. The summed E-state index contributed by atoms with van der Waals surface area (Å²) in [5.41, 5.74) is 0. The molecule has 0 atom stereocenters. The fourth-order valence-corrected chi connectivity index (χ4v) is 1.72. The first kappa shape index (κ1) is 15.0. The number of hydrogen-bond donors (Lipinski definition) is 0. The van der Waals surface area contributed by atoms with Crippen molar-refractivity contribution in [2.24, 2.45) is 0 Å². The molecule has 0 aliphatic heterocycles. The van der Waals surface area contributed by atoms with E-state index >= 15 is 0 Å². The zero-order chi connectivity index (χ0) is 11.2. The van der Waals surface area contributed by atoms with Gasteiger partial charge in [0.25, 0.3) is 0 Å². The second-order valence-corrected chi connectivity index (χ2v) is 4.44. The first-order valence-corrected chi connectivity index (χ1v) is 6.99. The van der Waals surface area contributed by atoms with Gasteiger partial charge in [-0.3, -0.25) is 0 Å². The van der Waals surface area contributed by atoms with Gasteiger partial charge in [-0.2, -0.15) is 0 Å². The summed E-state index contributed by atoms with van der Waals surface area (Å²) in [6, 6.07) is 0. The fraction of sp³-hybridized carbons (Fsp3) is 1.00. The molecule has 0 spiro atoms. The van der Waals surface area contributed by atoms with Crippen LogP contribution in [-0.2, 0) is 4.74 Å². The third kappa shape index (κ3) is 14.0. The van der Waals surface area contributed by atoms with E-state index < -0.39 is 0 Å². The average molecular weight is 214 g/mol. The Balaban J connectivity index is 2.81. The predicted octanol–water partition coefficient (Wildman–Crippen LogP) is 4.94. The molecule has 0 saturated carbocycles. The molecule has 0 aromatic carbocycles. The summed E-state index contributed by atoms with van der Waals surface area (Å²) >= 11 is 0. The number of hydrogen-bond acceptors (Lipinski definition) is 1. The van der Waals surface area contributed by atoms with Crippen molar-refractivity contribution in [1.29, 1.82) is 0 Å². The molecule has 0 radical (unpaired) electrons. The molecule has 0 bridgehead atoms. The molecular formula is C14H30O. The molecule has 0 aliphatic rings. The van der Waals surface area contributed by atoms with Crippen molar-refractivity contribution >= 4 is 0 Å². The molecular weight excluding hydrogens is 184 g/mol. The van der Waals surface area contributed by atoms with E-state index in [2.05, 4.69) is 13.8 Å². The van der Waals surface area contributed by atoms with Gasteiger partial charge < -0.3 is 4.74 Å². The molecule has 0 aliphatic carbocycles. The smallest absolute Gasteiger partial charge is 0.0466 e. The number of unbranched alkanes of at least 4 members (excludes halogenated alkanes) is 8. The van der Waals surface area contributed by atoms with E-state index in [9.17, 15) is 0 Å². The van der Waals surface area contributed by atoms with Gasteiger partial charge in [0, 0.05) is 13.2 Å². The van der Waals surface area contributed by atoms with Crippen molar-refractivity contribution < 1.29 is 4.74 Å². The highest BCUT2D eigenvalue weighted by atomic mass is 16.5. The fourth-order valence-electron chi connectivity index (χ4n) is 1.72. The molecule has 0 heterocycles. The van der Waals surface area contributed by atoms with Crippen molar-refractivity contribution in [1.82, 2.24) is 0 Å². The Morgan fingerprint density at radius 3 is 1.53 bits per heavy atom. The molecule has 0 N–H and O–H groups in total. The van der Waals surface area contributed by atoms with Crippen LogP contribution in [0.4, 0.5) is 0 Å². The van der Waals surface area contributed by atoms with Crippen LogP contribution in [0, 0.1) is 0 Å². The number of rotatable bonds is 12. The minimum atomic E-state index is 0.976. The van der Waals surface area contributed by atoms with Crippen molar-refractivity contribution in [3.63, 3.8) is 0 Å². The average Bonchev–Trinajstić information content (AvgIpc) is 2.26. The summed E-state index contributed by atoms with van der Waals surface area (Å²) in [5.74, 6) is 0. The summed E-state index contributed by atoms with van der Waals surface area (Å²) < 4.78 is 5.56. The molecule has 0 unspecified atom stereocenters. The Kier molecular flexibility index (Phi) is 13.9. The Bertz CT molecular complexity index is 89.5. The summed E-state index contributed by atoms with van der Waals surface area (Å²) in [4.78, 5) is 0. The normalized spacial score (nSPS) is 10.8. The molecule has 0 amide bonds. The van der Waals surface area contributed by atoms with E-state index in [0.29, 0.717) is 0 Å². The number of ether oxygens (including phenoxy) is 1. The molecule has 0 saturated heterocycles. The van der Waals surface area contributed by atoms with E-state index in [0.717, 1.165) is 13.2 Å². The second-order valence-electron chi connectivity index (χ2n) is 4.44. The van der Waals surface area contributed by atoms with Crippen LogP contribution < -0.4 is 0 Å². The zero-order valence-corrected chi connectivity index (χ0v) is 10.9. The maximum Gasteiger partial charge on any atom is 0.0466 e. The Labute approximate surface area is 96.6 Å². The largest absolute Gasteiger partial charge is 0.381 e. The minimum absolute atomic E-state index is 0.976. The maximum atomic E-state index is 5.56. The Hall–Kier alpha value is -0.0400. The third-order valence-corrected chi connectivity index (χ3v) is 2.78. The van der Waals surface area contributed by atoms with E-state index in [1.54, 1.807) is 0 Å². The molecule has 1 nitrogen and oxygen atoms in total. The van der Waals surface area contributed by atoms with Crippen LogP contribution in [0.2, 0.25) is 0 Å². The van der Waals surface area contributed by atoms with Gasteiger partial charge in [-0.25, -0.2) is 0 Å². The van der Waals surface area contributed by atoms with E-state index in [-0.39, 0.29) is 0 Å². The van der Waals surface area contributed by atoms with E-state index in [1.165, 1.54) is 64.2 Å². The van der Waals surface area contributed by atoms with Crippen LogP contribution in [0.15, 0.2) is 0 Å². The summed E-state index contributed by atoms with van der Waals surface area (Å²) in [7, 11) is 0. The predicted molar refractivity (Wildman–Crippen MR) is 68.3 cm³/mol. The molecule has 92 valence electrons. The Morgan fingerprint density at radius 2 is 0.933 bits per heavy atom. The third-order valence-electron chi connectivity index (χ3n) is 2.78. The van der Waals surface area contributed by atoms with Crippen LogP contribution in [0.5, 0.6) is 0 Å². The van der Waals surface area contributed by atoms with Crippen molar-refractivity contribution in [2.75, 3.05) is 13.2 Å². The van der Waals surface area contributed by atoms with Crippen LogP contribution in [0.3, 0.4) is 0 Å². The summed E-state index contributed by atoms with van der Waals surface area (Å²) in [6.45, 7) is 6.46. The van der Waals surface area contributed by atoms with E-state index in [1.807, 2.05) is 0 Å². The van der Waals surface area contributed by atoms with Gasteiger partial charge in [-0.15, -0.1) is 0 Å². The standard InChI is InChI=1S/C14H30O/c1-3-5-7-8-9-10-12-14-15-13-11-6-4-2/h3-14H2,1-2H3. The lowest BCUT2D eigenvalue weighted by molar-refractivity contribution is 0.126. The van der Waals surface area contributed by atoms with Gasteiger partial charge in [0.1, 0.15) is 0 Å². The van der Waals surface area contributed by atoms with Crippen LogP contribution in [-0.4, -0.2) is 13.2 Å². The lowest BCUT2D eigenvalue weighted by Gasteiger charge is -2.03. The van der Waals surface area contributed by atoms with Gasteiger partial charge in [-0.1, -0.05) is 65.2 Å². The van der Waals surface area contributed by atoms with Gasteiger partial charge in [0.15, 0.2) is 0 Å². The van der Waals surface area contributed by atoms with E-state index in [4.69, 9.17) is 4.74 Å². The highest BCUT2D eigenvalue weighted by molar-refractivity contribution is 4.45. The minimum Gasteiger partial charge on any atom is -0.381 e. The lowest BCUT2D eigenvalue weighted by Crippen LogP contribution is -1.96. The van der Waals surface area contributed by atoms with Gasteiger partial charge in [0.2, 0.25) is 0 Å². The quantitative estimate of drug-likeness (QED) is 0.418. The van der Waals surface area contributed by atoms with Gasteiger partial charge in [0.05, 0.1) is 0 Å². The molecule has 0 rings (SSSR count). The summed E-state index contributed by atoms with van der Waals surface area (Å²) in [6.07, 6.45) is 13.5. The molecule has 1 heteroatoms. The second kappa shape index (κ2) is 14.0. The Morgan fingerprint density at radius 1 is 0.533 bits per heavy atom. The lowest BCUT2D eigenvalue weighted by atomic mass is 10.1. The molecule has 0 fully saturated rings. The summed E-state index contributed by atoms with van der Waals surface area (Å²) in [5, 5.41) is 0. The SMILES string of the molecule is CCCCCCCCCOCCCCC. The first-order chi connectivity index (χ1) is 7.41. The highest BCUT2D eigenvalue weighted by Gasteiger charge is 1.91. The van der Waals surface area contributed by atoms with Crippen molar-refractivity contribution in [3.8, 4) is 0 Å². The van der Waals surface area contributed by atoms with Gasteiger partial charge in [-0.05, 0) is 12.8 Å². The van der Waals surface area contributed by atoms with Crippen molar-refractivity contribution in [2.45, 2.75) is 78.1 Å². The molecule has 0 aromatic rings. The van der Waals surface area contributed by atoms with Crippen molar-refractivity contribution in [3.05, 3.63) is 0 Å². The highest BCUT2D eigenvalue weighted by Crippen LogP contribution is 2.06. The van der Waals surface area contributed by atoms with Crippen LogP contribution in [0.25, 0.3) is 0 Å². The topological polar surface area (TPSA) is 9.23 Å². The van der Waals surface area contributed by atoms with Crippen LogP contribution in [0.1, 0.15) is 78.1 Å². The zero-order valence-electron chi connectivity index (χ0n) is 10.9.